The summed E-state index contributed by atoms with van der Waals surface area (Å²) >= 11 is 1.72. The third-order valence-electron chi connectivity index (χ3n) is 2.10. The van der Waals surface area contributed by atoms with Gasteiger partial charge in [0.25, 0.3) is 0 Å². The number of hydrogen-bond acceptors (Lipinski definition) is 4. The van der Waals surface area contributed by atoms with Crippen molar-refractivity contribution < 1.29 is 8.42 Å². The number of benzene rings is 1. The molecule has 5 heteroatoms. The Labute approximate surface area is 94.7 Å². The van der Waals surface area contributed by atoms with Crippen LogP contribution in [0, 0.1) is 0 Å². The Morgan fingerprint density at radius 2 is 2.27 bits per heavy atom. The lowest BCUT2D eigenvalue weighted by molar-refractivity contribution is 0.614. The van der Waals surface area contributed by atoms with E-state index in [1.165, 1.54) is 0 Å². The van der Waals surface area contributed by atoms with Crippen LogP contribution in [0.4, 0.5) is 5.69 Å². The number of nitrogens with zero attached hydrogens (tertiary/aromatic N) is 1. The van der Waals surface area contributed by atoms with Gasteiger partial charge in [-0.25, -0.2) is 8.42 Å². The van der Waals surface area contributed by atoms with Crippen LogP contribution in [0.1, 0.15) is 5.56 Å². The number of rotatable bonds is 3. The Kier molecular flexibility index (Phi) is 3.33. The second kappa shape index (κ2) is 4.72. The minimum Gasteiger partial charge on any atom is -0.337 e. The number of thiol groups is 1. The van der Waals surface area contributed by atoms with Crippen LogP contribution in [0.3, 0.4) is 0 Å². The maximum absolute atomic E-state index is 10.6. The van der Waals surface area contributed by atoms with Crippen molar-refractivity contribution in [1.29, 1.82) is 0 Å². The van der Waals surface area contributed by atoms with Gasteiger partial charge in [0.1, 0.15) is 10.7 Å². The van der Waals surface area contributed by atoms with Gasteiger partial charge in [-0.05, 0) is 23.1 Å². The van der Waals surface area contributed by atoms with Crippen molar-refractivity contribution in [1.82, 2.24) is 0 Å². The molecule has 3 nitrogen and oxygen atoms in total. The van der Waals surface area contributed by atoms with Crippen LogP contribution in [0.5, 0.6) is 0 Å². The predicted octanol–water partition coefficient (Wildman–Crippen LogP) is 1.78. The molecule has 0 N–H and O–H groups in total. The molecular weight excluding hydrogens is 230 g/mol. The summed E-state index contributed by atoms with van der Waals surface area (Å²) in [6.07, 6.45) is 2.00. The Hall–Kier alpha value is -0.940. The molecule has 0 bridgehead atoms. The topological polar surface area (TPSA) is 37.4 Å². The second-order valence-electron chi connectivity index (χ2n) is 3.21. The van der Waals surface area contributed by atoms with E-state index in [2.05, 4.69) is 4.90 Å². The summed E-state index contributed by atoms with van der Waals surface area (Å²) in [5.41, 5.74) is 1.89. The minimum atomic E-state index is -2.34. The second-order valence-corrected chi connectivity index (χ2v) is 5.06. The first-order valence-corrected chi connectivity index (χ1v) is 6.92. The summed E-state index contributed by atoms with van der Waals surface area (Å²) < 4.78 is 21.2. The molecule has 0 aliphatic carbocycles. The van der Waals surface area contributed by atoms with Crippen molar-refractivity contribution in [2.45, 2.75) is 5.75 Å². The molecule has 0 saturated heterocycles. The molecule has 0 spiro atoms. The van der Waals surface area contributed by atoms with E-state index < -0.39 is 10.7 Å². The molecule has 0 radical (unpaired) electrons. The van der Waals surface area contributed by atoms with Crippen LogP contribution in [0.25, 0.3) is 0 Å². The van der Waals surface area contributed by atoms with Crippen molar-refractivity contribution in [2.75, 3.05) is 10.8 Å². The quantitative estimate of drug-likeness (QED) is 0.819. The average Bonchev–Trinajstić information content (AvgIpc) is 2.69. The third kappa shape index (κ3) is 2.76. The summed E-state index contributed by atoms with van der Waals surface area (Å²) in [5, 5.41) is 2.03. The zero-order chi connectivity index (χ0) is 10.7. The summed E-state index contributed by atoms with van der Waals surface area (Å²) in [5.74, 6) is 1.01. The van der Waals surface area contributed by atoms with E-state index in [0.717, 1.165) is 17.1 Å². The largest absolute Gasteiger partial charge is 0.337 e. The Morgan fingerprint density at radius 3 is 2.93 bits per heavy atom. The fraction of sp³-hybridized carbons (Fsp3) is 0.200. The van der Waals surface area contributed by atoms with Crippen molar-refractivity contribution >= 4 is 28.2 Å². The van der Waals surface area contributed by atoms with Crippen LogP contribution in [0.15, 0.2) is 35.9 Å². The average molecular weight is 241 g/mol. The molecule has 0 unspecified atom stereocenters. The summed E-state index contributed by atoms with van der Waals surface area (Å²) in [6, 6.07) is 7.63. The highest BCUT2D eigenvalue weighted by molar-refractivity contribution is 8.02. The molecule has 0 saturated carbocycles. The Morgan fingerprint density at radius 1 is 1.40 bits per heavy atom. The molecule has 0 amide bonds. The molecular formula is C10H11NO2S2. The van der Waals surface area contributed by atoms with Gasteiger partial charge >= 0.3 is 0 Å². The fourth-order valence-electron chi connectivity index (χ4n) is 1.43. The molecule has 2 rings (SSSR count). The zero-order valence-electron chi connectivity index (χ0n) is 8.00. The first kappa shape index (κ1) is 10.6. The SMILES string of the molecule is O=[SH](=O)Cc1cccc(N2C=CSC2)c1. The van der Waals surface area contributed by atoms with E-state index in [0.29, 0.717) is 0 Å². The lowest BCUT2D eigenvalue weighted by Crippen LogP contribution is -2.10. The van der Waals surface area contributed by atoms with Gasteiger partial charge in [0, 0.05) is 11.9 Å². The van der Waals surface area contributed by atoms with Gasteiger partial charge in [-0.2, -0.15) is 0 Å². The van der Waals surface area contributed by atoms with E-state index in [1.54, 1.807) is 11.8 Å². The summed E-state index contributed by atoms with van der Waals surface area (Å²) in [6.45, 7) is 0. The van der Waals surface area contributed by atoms with E-state index in [9.17, 15) is 8.42 Å². The fourth-order valence-corrected chi connectivity index (χ4v) is 2.64. The third-order valence-corrected chi connectivity index (χ3v) is 3.47. The molecule has 15 heavy (non-hydrogen) atoms. The van der Waals surface area contributed by atoms with Crippen molar-refractivity contribution in [3.05, 3.63) is 41.4 Å². The van der Waals surface area contributed by atoms with Gasteiger partial charge < -0.3 is 4.90 Å². The lowest BCUT2D eigenvalue weighted by Gasteiger charge is -2.15. The first-order chi connectivity index (χ1) is 7.25. The minimum absolute atomic E-state index is 0.119. The van der Waals surface area contributed by atoms with E-state index in [4.69, 9.17) is 0 Å². The van der Waals surface area contributed by atoms with Crippen LogP contribution < -0.4 is 4.90 Å². The van der Waals surface area contributed by atoms with Crippen LogP contribution in [0.2, 0.25) is 0 Å². The normalized spacial score (nSPS) is 15.1. The highest BCUT2D eigenvalue weighted by Crippen LogP contribution is 2.24. The van der Waals surface area contributed by atoms with Gasteiger partial charge in [0.2, 0.25) is 0 Å². The maximum atomic E-state index is 10.6. The number of thioether (sulfide) groups is 1. The summed E-state index contributed by atoms with van der Waals surface area (Å²) in [7, 11) is -2.34. The van der Waals surface area contributed by atoms with Crippen LogP contribution in [-0.2, 0) is 16.5 Å². The molecule has 1 aromatic rings. The standard InChI is InChI=1S/C10H11NO2S2/c12-15(13)7-9-2-1-3-10(6-9)11-4-5-14-8-11/h1-6,15H,7-8H2. The highest BCUT2D eigenvalue weighted by Gasteiger charge is 2.07. The molecule has 1 aromatic carbocycles. The van der Waals surface area contributed by atoms with Crippen molar-refractivity contribution in [3.63, 3.8) is 0 Å². The molecule has 0 fully saturated rings. The molecule has 0 atom stereocenters. The first-order valence-electron chi connectivity index (χ1n) is 4.51. The smallest absolute Gasteiger partial charge is 0.144 e. The Bertz CT molecular complexity index is 446. The molecule has 1 aliphatic rings. The lowest BCUT2D eigenvalue weighted by atomic mass is 10.2. The maximum Gasteiger partial charge on any atom is 0.144 e. The Balaban J connectivity index is 2.21. The molecule has 0 aromatic heterocycles. The number of hydrogen-bond donors (Lipinski definition) is 1. The van der Waals surface area contributed by atoms with E-state index in [1.807, 2.05) is 35.9 Å². The molecule has 80 valence electrons. The van der Waals surface area contributed by atoms with Gasteiger partial charge in [0.05, 0.1) is 11.6 Å². The van der Waals surface area contributed by atoms with Crippen LogP contribution in [-0.4, -0.2) is 14.3 Å². The molecule has 1 aliphatic heterocycles. The molecule has 1 heterocycles. The zero-order valence-corrected chi connectivity index (χ0v) is 9.71. The highest BCUT2D eigenvalue weighted by atomic mass is 32.2. The van der Waals surface area contributed by atoms with Crippen molar-refractivity contribution in [3.8, 4) is 0 Å². The van der Waals surface area contributed by atoms with Gasteiger partial charge in [-0.1, -0.05) is 12.1 Å². The van der Waals surface area contributed by atoms with E-state index >= 15 is 0 Å². The van der Waals surface area contributed by atoms with Gasteiger partial charge in [-0.3, -0.25) is 0 Å². The summed E-state index contributed by atoms with van der Waals surface area (Å²) in [4.78, 5) is 2.09. The monoisotopic (exact) mass is 241 g/mol. The number of anilines is 1. The van der Waals surface area contributed by atoms with Gasteiger partial charge in [0.15, 0.2) is 0 Å². The van der Waals surface area contributed by atoms with E-state index in [-0.39, 0.29) is 5.75 Å². The van der Waals surface area contributed by atoms with Gasteiger partial charge in [-0.15, -0.1) is 11.8 Å². The van der Waals surface area contributed by atoms with Crippen molar-refractivity contribution in [2.24, 2.45) is 0 Å². The van der Waals surface area contributed by atoms with Crippen LogP contribution >= 0.6 is 11.8 Å². The predicted molar refractivity (Wildman–Crippen MR) is 64.5 cm³/mol.